The van der Waals surface area contributed by atoms with Gasteiger partial charge in [-0.3, -0.25) is 5.32 Å². The highest BCUT2D eigenvalue weighted by Gasteiger charge is 2.25. The van der Waals surface area contributed by atoms with E-state index < -0.39 is 5.97 Å². The predicted octanol–water partition coefficient (Wildman–Crippen LogP) is 4.79. The number of aromatic nitrogens is 3. The zero-order valence-corrected chi connectivity index (χ0v) is 22.4. The van der Waals surface area contributed by atoms with Gasteiger partial charge in [0, 0.05) is 18.7 Å². The Kier molecular flexibility index (Phi) is 8.00. The van der Waals surface area contributed by atoms with Gasteiger partial charge in [-0.25, -0.2) is 14.8 Å². The smallest absolute Gasteiger partial charge is 0.350 e. The van der Waals surface area contributed by atoms with Gasteiger partial charge in [-0.15, -0.1) is 0 Å². The number of hydrogen-bond donors (Lipinski definition) is 1. The van der Waals surface area contributed by atoms with E-state index in [0.717, 1.165) is 36.3 Å². The van der Waals surface area contributed by atoms with Gasteiger partial charge in [-0.05, 0) is 44.4 Å². The van der Waals surface area contributed by atoms with Gasteiger partial charge in [0.1, 0.15) is 15.8 Å². The Morgan fingerprint density at radius 1 is 1.14 bits per heavy atom. The fraction of sp³-hybridized carbons (Fsp3) is 0.417. The zero-order chi connectivity index (χ0) is 25.8. The first-order chi connectivity index (χ1) is 17.4. The lowest BCUT2D eigenvalue weighted by Gasteiger charge is -2.31. The second-order valence-electron chi connectivity index (χ2n) is 7.98. The maximum absolute atomic E-state index is 12.2. The molecule has 1 aliphatic rings. The number of ether oxygens (including phenoxy) is 4. The van der Waals surface area contributed by atoms with Crippen LogP contribution < -0.4 is 24.4 Å². The second kappa shape index (κ2) is 11.2. The highest BCUT2D eigenvalue weighted by atomic mass is 35.5. The number of rotatable bonds is 9. The molecule has 0 bridgehead atoms. The SMILES string of the molecule is CCOC(=O)c1sc(Nc2nc(Cl)c3c(n2)N(Cc2cc(OC)c(OC)c(OC)c2)CCC3)nc1C. The standard InChI is InChI=1S/C24H28ClN5O5S/c1-6-35-22(31)19-13(2)26-24(36-19)29-23-27-20(25)15-8-7-9-30(21(15)28-23)12-14-10-16(32-3)18(34-5)17(11-14)33-4/h10-11H,6-9,12H2,1-5H3,(H,26,27,28,29). The van der Waals surface area contributed by atoms with Gasteiger partial charge in [0.2, 0.25) is 11.7 Å². The van der Waals surface area contributed by atoms with Gasteiger partial charge < -0.3 is 23.8 Å². The molecule has 0 aliphatic carbocycles. The van der Waals surface area contributed by atoms with Gasteiger partial charge >= 0.3 is 5.97 Å². The van der Waals surface area contributed by atoms with Crippen molar-refractivity contribution in [2.75, 3.05) is 44.7 Å². The topological polar surface area (TPSA) is 108 Å². The average molecular weight is 534 g/mol. The Labute approximate surface area is 218 Å². The summed E-state index contributed by atoms with van der Waals surface area (Å²) in [4.78, 5) is 28.4. The summed E-state index contributed by atoms with van der Waals surface area (Å²) in [6, 6.07) is 3.85. The molecule has 1 N–H and O–H groups in total. The van der Waals surface area contributed by atoms with Crippen LogP contribution in [0.4, 0.5) is 16.9 Å². The molecule has 0 saturated carbocycles. The van der Waals surface area contributed by atoms with Crippen LogP contribution in [0.2, 0.25) is 5.15 Å². The molecule has 1 aromatic carbocycles. The summed E-state index contributed by atoms with van der Waals surface area (Å²) in [5, 5.41) is 3.97. The number of carbonyl (C=O) groups excluding carboxylic acids is 1. The minimum Gasteiger partial charge on any atom is -0.493 e. The molecule has 10 nitrogen and oxygen atoms in total. The lowest BCUT2D eigenvalue weighted by molar-refractivity contribution is 0.0531. The van der Waals surface area contributed by atoms with Crippen molar-refractivity contribution >= 4 is 45.8 Å². The molecule has 0 spiro atoms. The number of aryl methyl sites for hydroxylation is 1. The minimum absolute atomic E-state index is 0.296. The molecule has 0 radical (unpaired) electrons. The van der Waals surface area contributed by atoms with Crippen LogP contribution in [0.5, 0.6) is 17.2 Å². The predicted molar refractivity (Wildman–Crippen MR) is 139 cm³/mol. The van der Waals surface area contributed by atoms with Crippen LogP contribution in [0.25, 0.3) is 0 Å². The summed E-state index contributed by atoms with van der Waals surface area (Å²) >= 11 is 7.77. The molecule has 12 heteroatoms. The third kappa shape index (κ3) is 5.26. The van der Waals surface area contributed by atoms with Crippen molar-refractivity contribution in [2.45, 2.75) is 33.2 Å². The largest absolute Gasteiger partial charge is 0.493 e. The van der Waals surface area contributed by atoms with Gasteiger partial charge in [0.25, 0.3) is 0 Å². The molecule has 36 heavy (non-hydrogen) atoms. The van der Waals surface area contributed by atoms with Crippen LogP contribution in [0.15, 0.2) is 12.1 Å². The average Bonchev–Trinajstić information content (AvgIpc) is 3.23. The van der Waals surface area contributed by atoms with Crippen molar-refractivity contribution in [3.05, 3.63) is 39.0 Å². The van der Waals surface area contributed by atoms with Crippen molar-refractivity contribution < 1.29 is 23.7 Å². The van der Waals surface area contributed by atoms with E-state index in [1.54, 1.807) is 35.2 Å². The van der Waals surface area contributed by atoms with Crippen LogP contribution in [0, 0.1) is 6.92 Å². The minimum atomic E-state index is -0.401. The normalized spacial score (nSPS) is 12.7. The van der Waals surface area contributed by atoms with E-state index in [0.29, 0.717) is 57.2 Å². The highest BCUT2D eigenvalue weighted by molar-refractivity contribution is 7.17. The first kappa shape index (κ1) is 25.8. The summed E-state index contributed by atoms with van der Waals surface area (Å²) < 4.78 is 21.6. The van der Waals surface area contributed by atoms with Crippen molar-refractivity contribution in [1.29, 1.82) is 0 Å². The monoisotopic (exact) mass is 533 g/mol. The Balaban J connectivity index is 1.63. The molecule has 0 amide bonds. The molecule has 3 aromatic rings. The maximum atomic E-state index is 12.2. The summed E-state index contributed by atoms with van der Waals surface area (Å²) in [6.07, 6.45) is 1.70. The Bertz CT molecular complexity index is 1240. The van der Waals surface area contributed by atoms with Crippen molar-refractivity contribution in [3.63, 3.8) is 0 Å². The van der Waals surface area contributed by atoms with Gasteiger partial charge in [0.05, 0.1) is 33.6 Å². The fourth-order valence-corrected chi connectivity index (χ4v) is 5.18. The molecule has 192 valence electrons. The number of hydrogen-bond acceptors (Lipinski definition) is 11. The van der Waals surface area contributed by atoms with Crippen LogP contribution in [-0.2, 0) is 17.7 Å². The van der Waals surface area contributed by atoms with Gasteiger partial charge in [-0.2, -0.15) is 4.98 Å². The highest BCUT2D eigenvalue weighted by Crippen LogP contribution is 2.40. The van der Waals surface area contributed by atoms with Crippen molar-refractivity contribution in [1.82, 2.24) is 15.0 Å². The lowest BCUT2D eigenvalue weighted by Crippen LogP contribution is -2.30. The number of carbonyl (C=O) groups is 1. The van der Waals surface area contributed by atoms with Crippen LogP contribution in [0.1, 0.15) is 39.8 Å². The molecule has 4 rings (SSSR count). The van der Waals surface area contributed by atoms with Crippen molar-refractivity contribution in [2.24, 2.45) is 0 Å². The zero-order valence-electron chi connectivity index (χ0n) is 20.8. The number of nitrogens with one attached hydrogen (secondary N) is 1. The summed E-state index contributed by atoms with van der Waals surface area (Å²) in [5.41, 5.74) is 2.44. The number of methoxy groups -OCH3 is 3. The van der Waals surface area contributed by atoms with Crippen LogP contribution in [0.3, 0.4) is 0 Å². The first-order valence-electron chi connectivity index (χ1n) is 11.4. The van der Waals surface area contributed by atoms with Crippen LogP contribution >= 0.6 is 22.9 Å². The van der Waals surface area contributed by atoms with E-state index in [1.807, 2.05) is 12.1 Å². The lowest BCUT2D eigenvalue weighted by atomic mass is 10.1. The van der Waals surface area contributed by atoms with E-state index in [4.69, 9.17) is 35.5 Å². The molecule has 0 saturated heterocycles. The van der Waals surface area contributed by atoms with E-state index in [9.17, 15) is 4.79 Å². The van der Waals surface area contributed by atoms with Gasteiger partial charge in [0.15, 0.2) is 16.6 Å². The molecular weight excluding hydrogens is 506 g/mol. The Morgan fingerprint density at radius 3 is 2.50 bits per heavy atom. The second-order valence-corrected chi connectivity index (χ2v) is 9.33. The number of anilines is 3. The number of halogens is 1. The van der Waals surface area contributed by atoms with Crippen LogP contribution in [-0.4, -0.2) is 55.4 Å². The Morgan fingerprint density at radius 2 is 1.86 bits per heavy atom. The van der Waals surface area contributed by atoms with Crippen molar-refractivity contribution in [3.8, 4) is 17.2 Å². The number of fused-ring (bicyclic) bond motifs is 1. The van der Waals surface area contributed by atoms with Gasteiger partial charge in [-0.1, -0.05) is 22.9 Å². The summed E-state index contributed by atoms with van der Waals surface area (Å²) in [5.74, 6) is 2.37. The molecule has 0 fully saturated rings. The number of nitrogens with zero attached hydrogens (tertiary/aromatic N) is 4. The quantitative estimate of drug-likeness (QED) is 0.304. The summed E-state index contributed by atoms with van der Waals surface area (Å²) in [7, 11) is 4.76. The molecular formula is C24H28ClN5O5S. The molecule has 0 unspecified atom stereocenters. The van der Waals surface area contributed by atoms with E-state index >= 15 is 0 Å². The number of thiazole rings is 1. The fourth-order valence-electron chi connectivity index (χ4n) is 4.06. The van der Waals surface area contributed by atoms with E-state index in [-0.39, 0.29) is 0 Å². The van der Waals surface area contributed by atoms with E-state index in [2.05, 4.69) is 20.2 Å². The number of benzene rings is 1. The molecule has 2 aromatic heterocycles. The van der Waals surface area contributed by atoms with E-state index in [1.165, 1.54) is 11.3 Å². The summed E-state index contributed by atoms with van der Waals surface area (Å²) in [6.45, 7) is 5.16. The Hall–Kier alpha value is -3.31. The third-order valence-corrected chi connectivity index (χ3v) is 7.03. The number of esters is 1. The molecule has 1 aliphatic heterocycles. The maximum Gasteiger partial charge on any atom is 0.350 e. The first-order valence-corrected chi connectivity index (χ1v) is 12.6. The molecule has 3 heterocycles. The molecule has 0 atom stereocenters. The third-order valence-electron chi connectivity index (χ3n) is 5.66.